The van der Waals surface area contributed by atoms with Gasteiger partial charge in [-0.15, -0.1) is 0 Å². The van der Waals surface area contributed by atoms with E-state index in [2.05, 4.69) is 31.3 Å². The average Bonchev–Trinajstić information content (AvgIpc) is 3.19. The van der Waals surface area contributed by atoms with Crippen LogP contribution in [-0.4, -0.2) is 73.4 Å². The molecule has 0 heterocycles. The maximum absolute atomic E-state index is 12.9. The highest BCUT2D eigenvalue weighted by atomic mass is 31.2. The molecule has 3 N–H and O–H groups in total. The molecular formula is C50H100N2O6P+. The zero-order valence-electron chi connectivity index (χ0n) is 39.8. The number of nitrogens with one attached hydrogen (secondary N) is 1. The highest BCUT2D eigenvalue weighted by molar-refractivity contribution is 7.47. The number of phosphoric acid groups is 1. The Hall–Kier alpha value is -1.02. The summed E-state index contributed by atoms with van der Waals surface area (Å²) < 4.78 is 23.6. The molecule has 3 atom stereocenters. The van der Waals surface area contributed by atoms with Crippen LogP contribution in [0.15, 0.2) is 24.3 Å². The van der Waals surface area contributed by atoms with E-state index in [1.165, 1.54) is 167 Å². The molecule has 350 valence electrons. The molecule has 0 aromatic heterocycles. The van der Waals surface area contributed by atoms with Gasteiger partial charge in [-0.1, -0.05) is 212 Å². The normalized spacial score (nSPS) is 14.4. The van der Waals surface area contributed by atoms with E-state index in [-0.39, 0.29) is 19.1 Å². The van der Waals surface area contributed by atoms with Gasteiger partial charge < -0.3 is 19.8 Å². The van der Waals surface area contributed by atoms with Crippen molar-refractivity contribution in [3.63, 3.8) is 0 Å². The zero-order valence-corrected chi connectivity index (χ0v) is 40.7. The third-order valence-corrected chi connectivity index (χ3v) is 12.4. The van der Waals surface area contributed by atoms with Crippen LogP contribution in [0.5, 0.6) is 0 Å². The summed E-state index contributed by atoms with van der Waals surface area (Å²) in [6.07, 6.45) is 51.2. The summed E-state index contributed by atoms with van der Waals surface area (Å²) in [6.45, 7) is 4.81. The van der Waals surface area contributed by atoms with Crippen molar-refractivity contribution in [2.75, 3.05) is 40.9 Å². The maximum atomic E-state index is 12.9. The van der Waals surface area contributed by atoms with Crippen molar-refractivity contribution in [1.29, 1.82) is 0 Å². The molecule has 59 heavy (non-hydrogen) atoms. The van der Waals surface area contributed by atoms with Gasteiger partial charge in [0, 0.05) is 6.42 Å². The molecule has 0 bridgehead atoms. The maximum Gasteiger partial charge on any atom is 0.472 e. The van der Waals surface area contributed by atoms with Crippen LogP contribution in [-0.2, 0) is 18.4 Å². The number of carbonyl (C=O) groups is 1. The van der Waals surface area contributed by atoms with Crippen LogP contribution in [0.3, 0.4) is 0 Å². The van der Waals surface area contributed by atoms with E-state index in [0.29, 0.717) is 17.4 Å². The summed E-state index contributed by atoms with van der Waals surface area (Å²) in [5, 5.41) is 13.9. The molecule has 0 aromatic rings. The van der Waals surface area contributed by atoms with Crippen LogP contribution >= 0.6 is 7.82 Å². The van der Waals surface area contributed by atoms with Crippen LogP contribution < -0.4 is 5.32 Å². The highest BCUT2D eigenvalue weighted by Crippen LogP contribution is 2.43. The number of amides is 1. The Balaban J connectivity index is 4.25. The average molecular weight is 856 g/mol. The SMILES string of the molecule is CCCCCC/C=C\CCCCCCCC(=O)NC(COP(=O)(O)OCC[N+](C)(C)C)C(O)/C=C/CCCCCCCCCCCCCCCCCCCCCCCC. The summed E-state index contributed by atoms with van der Waals surface area (Å²) in [6, 6.07) is -0.848. The zero-order chi connectivity index (χ0) is 43.6. The molecule has 0 spiro atoms. The van der Waals surface area contributed by atoms with E-state index in [0.717, 1.165) is 51.4 Å². The van der Waals surface area contributed by atoms with Gasteiger partial charge in [0.2, 0.25) is 5.91 Å². The summed E-state index contributed by atoms with van der Waals surface area (Å²) in [5.41, 5.74) is 0. The lowest BCUT2D eigenvalue weighted by Crippen LogP contribution is -2.45. The van der Waals surface area contributed by atoms with Crippen LogP contribution in [0.25, 0.3) is 0 Å². The lowest BCUT2D eigenvalue weighted by molar-refractivity contribution is -0.870. The van der Waals surface area contributed by atoms with Gasteiger partial charge in [0.1, 0.15) is 13.2 Å². The minimum Gasteiger partial charge on any atom is -0.387 e. The lowest BCUT2D eigenvalue weighted by atomic mass is 10.0. The molecule has 0 rings (SSSR count). The molecule has 0 saturated carbocycles. The molecule has 0 radical (unpaired) electrons. The summed E-state index contributed by atoms with van der Waals surface area (Å²) in [4.78, 5) is 23.1. The van der Waals surface area contributed by atoms with E-state index in [1.807, 2.05) is 27.2 Å². The summed E-state index contributed by atoms with van der Waals surface area (Å²) >= 11 is 0. The Bertz CT molecular complexity index is 1020. The molecule has 3 unspecified atom stereocenters. The van der Waals surface area contributed by atoms with Crippen molar-refractivity contribution >= 4 is 13.7 Å². The number of rotatable bonds is 46. The smallest absolute Gasteiger partial charge is 0.387 e. The first-order valence-corrected chi connectivity index (χ1v) is 26.7. The van der Waals surface area contributed by atoms with Crippen molar-refractivity contribution in [3.05, 3.63) is 24.3 Å². The monoisotopic (exact) mass is 856 g/mol. The first-order chi connectivity index (χ1) is 28.5. The number of likely N-dealkylation sites (N-methyl/N-ethyl adjacent to an activating group) is 1. The Labute approximate surface area is 366 Å². The molecule has 1 amide bonds. The number of phosphoric ester groups is 1. The first-order valence-electron chi connectivity index (χ1n) is 25.2. The fraction of sp³-hybridized carbons (Fsp3) is 0.900. The number of quaternary nitrogens is 1. The lowest BCUT2D eigenvalue weighted by Gasteiger charge is -2.25. The van der Waals surface area contributed by atoms with Crippen molar-refractivity contribution in [2.45, 2.75) is 251 Å². The predicted molar refractivity (Wildman–Crippen MR) is 254 cm³/mol. The number of allylic oxidation sites excluding steroid dienone is 3. The van der Waals surface area contributed by atoms with Gasteiger partial charge in [0.05, 0.1) is 39.9 Å². The minimum atomic E-state index is -4.34. The third-order valence-electron chi connectivity index (χ3n) is 11.4. The first kappa shape index (κ1) is 58.0. The third kappa shape index (κ3) is 44.8. The number of hydrogen-bond acceptors (Lipinski definition) is 5. The molecular weight excluding hydrogens is 756 g/mol. The molecule has 0 aliphatic carbocycles. The van der Waals surface area contributed by atoms with Crippen LogP contribution in [0, 0.1) is 0 Å². The van der Waals surface area contributed by atoms with E-state index < -0.39 is 20.0 Å². The predicted octanol–water partition coefficient (Wildman–Crippen LogP) is 14.5. The Morgan fingerprint density at radius 3 is 1.32 bits per heavy atom. The fourth-order valence-corrected chi connectivity index (χ4v) is 8.13. The van der Waals surface area contributed by atoms with Gasteiger partial charge >= 0.3 is 7.82 Å². The number of unbranched alkanes of at least 4 members (excludes halogenated alkanes) is 31. The second-order valence-corrected chi connectivity index (χ2v) is 20.0. The van der Waals surface area contributed by atoms with E-state index in [1.54, 1.807) is 6.08 Å². The molecule has 0 fully saturated rings. The summed E-state index contributed by atoms with van der Waals surface area (Å²) in [7, 11) is 1.57. The Kier molecular flexibility index (Phi) is 41.6. The van der Waals surface area contributed by atoms with Crippen LogP contribution in [0.4, 0.5) is 0 Å². The molecule has 8 nitrogen and oxygen atoms in total. The second kappa shape index (κ2) is 42.3. The minimum absolute atomic E-state index is 0.0611. The second-order valence-electron chi connectivity index (χ2n) is 18.5. The van der Waals surface area contributed by atoms with E-state index in [4.69, 9.17) is 9.05 Å². The quantitative estimate of drug-likeness (QED) is 0.0244. The Morgan fingerprint density at radius 2 is 0.915 bits per heavy atom. The van der Waals surface area contributed by atoms with Crippen LogP contribution in [0.1, 0.15) is 239 Å². The van der Waals surface area contributed by atoms with Crippen molar-refractivity contribution in [2.24, 2.45) is 0 Å². The van der Waals surface area contributed by atoms with Crippen molar-refractivity contribution in [3.8, 4) is 0 Å². The van der Waals surface area contributed by atoms with Crippen molar-refractivity contribution < 1.29 is 32.9 Å². The molecule has 9 heteroatoms. The number of carbonyl (C=O) groups excluding carboxylic acids is 1. The number of nitrogens with zero attached hydrogens (tertiary/aromatic N) is 1. The topological polar surface area (TPSA) is 105 Å². The number of aliphatic hydroxyl groups is 1. The Morgan fingerprint density at radius 1 is 0.559 bits per heavy atom. The van der Waals surface area contributed by atoms with Gasteiger partial charge in [0.15, 0.2) is 0 Å². The molecule has 0 saturated heterocycles. The number of hydrogen-bond donors (Lipinski definition) is 3. The van der Waals surface area contributed by atoms with E-state index >= 15 is 0 Å². The van der Waals surface area contributed by atoms with Crippen molar-refractivity contribution in [1.82, 2.24) is 5.32 Å². The summed E-state index contributed by atoms with van der Waals surface area (Å²) in [5.74, 6) is -0.185. The molecule has 0 aliphatic rings. The van der Waals surface area contributed by atoms with Gasteiger partial charge in [-0.25, -0.2) is 4.57 Å². The highest BCUT2D eigenvalue weighted by Gasteiger charge is 2.27. The van der Waals surface area contributed by atoms with Gasteiger partial charge in [-0.2, -0.15) is 0 Å². The molecule has 0 aromatic carbocycles. The fourth-order valence-electron chi connectivity index (χ4n) is 7.39. The van der Waals surface area contributed by atoms with E-state index in [9.17, 15) is 19.4 Å². The standard InChI is InChI=1S/C50H99N2O6P/c1-6-8-10-12-14-16-18-20-21-22-23-24-25-26-27-28-29-30-32-33-35-37-39-41-43-49(53)48(47-58-59(55,56)57-46-45-52(3,4)5)51-50(54)44-42-40-38-36-34-31-19-17-15-13-11-9-7-2/h17,19,41,43,48-49,53H,6-16,18,20-40,42,44-47H2,1-5H3,(H-,51,54,55,56)/p+1/b19-17-,43-41+. The van der Waals surface area contributed by atoms with Crippen LogP contribution in [0.2, 0.25) is 0 Å². The van der Waals surface area contributed by atoms with Gasteiger partial charge in [0.25, 0.3) is 0 Å². The van der Waals surface area contributed by atoms with Gasteiger partial charge in [-0.3, -0.25) is 13.8 Å². The molecule has 0 aliphatic heterocycles. The van der Waals surface area contributed by atoms with Gasteiger partial charge in [-0.05, 0) is 44.9 Å². The largest absolute Gasteiger partial charge is 0.472 e. The number of aliphatic hydroxyl groups excluding tert-OH is 1.